The van der Waals surface area contributed by atoms with Gasteiger partial charge in [-0.2, -0.15) is 4.98 Å². The van der Waals surface area contributed by atoms with Gasteiger partial charge in [-0.25, -0.2) is 4.79 Å². The van der Waals surface area contributed by atoms with Gasteiger partial charge in [-0.3, -0.25) is 14.6 Å². The van der Waals surface area contributed by atoms with Crippen molar-refractivity contribution in [2.75, 3.05) is 12.0 Å². The average molecular weight is 392 g/mol. The number of hydrogen-bond donors (Lipinski definition) is 0. The molecule has 4 rings (SSSR count). The second-order valence-electron chi connectivity index (χ2n) is 6.80. The number of para-hydroxylation sites is 1. The first-order valence-corrected chi connectivity index (χ1v) is 9.17. The Balaban J connectivity index is 1.57. The molecule has 1 aromatic heterocycles. The Morgan fingerprint density at radius 1 is 1.10 bits per heavy atom. The highest BCUT2D eigenvalue weighted by molar-refractivity contribution is 6.13. The van der Waals surface area contributed by atoms with E-state index in [4.69, 9.17) is 9.26 Å². The Labute approximate surface area is 167 Å². The van der Waals surface area contributed by atoms with Crippen molar-refractivity contribution in [2.24, 2.45) is 0 Å². The summed E-state index contributed by atoms with van der Waals surface area (Å²) in [6.45, 7) is 3.58. The highest BCUT2D eigenvalue weighted by Gasteiger charge is 2.44. The fraction of sp³-hybridized carbons (Fsp3) is 0.238. The summed E-state index contributed by atoms with van der Waals surface area (Å²) >= 11 is 0. The van der Waals surface area contributed by atoms with Gasteiger partial charge in [0.2, 0.25) is 11.7 Å². The number of carbonyl (C=O) groups is 2. The fourth-order valence-corrected chi connectivity index (χ4v) is 3.30. The molecule has 1 aliphatic heterocycles. The molecule has 8 nitrogen and oxygen atoms in total. The van der Waals surface area contributed by atoms with E-state index in [2.05, 4.69) is 10.1 Å². The summed E-state index contributed by atoms with van der Waals surface area (Å²) in [4.78, 5) is 32.6. The van der Waals surface area contributed by atoms with Gasteiger partial charge >= 0.3 is 6.03 Å². The van der Waals surface area contributed by atoms with Crippen LogP contribution in [0.3, 0.4) is 0 Å². The van der Waals surface area contributed by atoms with Crippen LogP contribution in [-0.4, -0.2) is 40.1 Å². The predicted octanol–water partition coefficient (Wildman–Crippen LogP) is 3.41. The molecule has 148 valence electrons. The zero-order valence-corrected chi connectivity index (χ0v) is 16.3. The lowest BCUT2D eigenvalue weighted by atomic mass is 10.2. The molecule has 0 bridgehead atoms. The van der Waals surface area contributed by atoms with Crippen LogP contribution in [0.15, 0.2) is 53.1 Å². The molecule has 3 aromatic rings. The van der Waals surface area contributed by atoms with Crippen molar-refractivity contribution >= 4 is 17.6 Å². The smallest absolute Gasteiger partial charge is 0.332 e. The molecule has 0 spiro atoms. The molecular weight excluding hydrogens is 372 g/mol. The molecule has 0 saturated carbocycles. The van der Waals surface area contributed by atoms with Gasteiger partial charge in [0.25, 0.3) is 5.91 Å². The van der Waals surface area contributed by atoms with Gasteiger partial charge in [0.05, 0.1) is 12.7 Å². The number of aryl methyl sites for hydroxylation is 1. The molecule has 0 N–H and O–H groups in total. The third kappa shape index (κ3) is 3.33. The molecule has 1 aliphatic rings. The van der Waals surface area contributed by atoms with Crippen LogP contribution in [0.2, 0.25) is 0 Å². The monoisotopic (exact) mass is 392 g/mol. The number of amides is 3. The lowest BCUT2D eigenvalue weighted by Crippen LogP contribution is -2.33. The van der Waals surface area contributed by atoms with Crippen molar-refractivity contribution in [3.63, 3.8) is 0 Å². The number of urea groups is 1. The summed E-state index contributed by atoms with van der Waals surface area (Å²) in [5.41, 5.74) is 2.41. The molecule has 1 atom stereocenters. The van der Waals surface area contributed by atoms with Crippen LogP contribution in [0.4, 0.5) is 10.5 Å². The maximum absolute atomic E-state index is 12.9. The minimum atomic E-state index is -0.609. The van der Waals surface area contributed by atoms with Crippen LogP contribution in [0.1, 0.15) is 18.4 Å². The second kappa shape index (κ2) is 7.38. The lowest BCUT2D eigenvalue weighted by molar-refractivity contribution is -0.127. The van der Waals surface area contributed by atoms with E-state index in [1.54, 1.807) is 26.2 Å². The van der Waals surface area contributed by atoms with Gasteiger partial charge in [-0.1, -0.05) is 35.0 Å². The number of aromatic nitrogens is 2. The first-order chi connectivity index (χ1) is 14.0. The Morgan fingerprint density at radius 2 is 1.83 bits per heavy atom. The second-order valence-corrected chi connectivity index (χ2v) is 6.80. The normalized spacial score (nSPS) is 16.6. The molecule has 2 aromatic carbocycles. The molecule has 0 radical (unpaired) electrons. The maximum Gasteiger partial charge on any atom is 0.332 e. The SMILES string of the molecule is COc1ccccc1-c1noc(CN2C(=O)[C@H](C)N(c3ccc(C)cc3)C2=O)n1. The van der Waals surface area contributed by atoms with Crippen molar-refractivity contribution in [2.45, 2.75) is 26.4 Å². The topological polar surface area (TPSA) is 88.8 Å². The zero-order chi connectivity index (χ0) is 20.5. The number of methoxy groups -OCH3 is 1. The van der Waals surface area contributed by atoms with Crippen LogP contribution in [0, 0.1) is 6.92 Å². The largest absolute Gasteiger partial charge is 0.496 e. The molecule has 8 heteroatoms. The molecule has 1 fully saturated rings. The van der Waals surface area contributed by atoms with E-state index in [-0.39, 0.29) is 18.3 Å². The molecule has 0 aliphatic carbocycles. The first kappa shape index (κ1) is 18.7. The number of rotatable bonds is 5. The summed E-state index contributed by atoms with van der Waals surface area (Å²) < 4.78 is 10.6. The molecule has 3 amide bonds. The summed E-state index contributed by atoms with van der Waals surface area (Å²) in [7, 11) is 1.56. The van der Waals surface area contributed by atoms with Gasteiger partial charge < -0.3 is 9.26 Å². The number of carbonyl (C=O) groups excluding carboxylic acids is 2. The number of nitrogens with zero attached hydrogens (tertiary/aromatic N) is 4. The zero-order valence-electron chi connectivity index (χ0n) is 16.3. The van der Waals surface area contributed by atoms with E-state index in [9.17, 15) is 9.59 Å². The Hall–Kier alpha value is -3.68. The van der Waals surface area contributed by atoms with Gasteiger partial charge in [0.1, 0.15) is 18.3 Å². The fourth-order valence-electron chi connectivity index (χ4n) is 3.30. The quantitative estimate of drug-likeness (QED) is 0.618. The van der Waals surface area contributed by atoms with E-state index in [1.807, 2.05) is 43.3 Å². The molecular formula is C21H20N4O4. The average Bonchev–Trinajstić information content (AvgIpc) is 3.28. The summed E-state index contributed by atoms with van der Waals surface area (Å²) in [6.07, 6.45) is 0. The number of anilines is 1. The minimum absolute atomic E-state index is 0.0908. The van der Waals surface area contributed by atoms with E-state index < -0.39 is 12.1 Å². The van der Waals surface area contributed by atoms with E-state index in [1.165, 1.54) is 4.90 Å². The number of hydrogen-bond acceptors (Lipinski definition) is 6. The highest BCUT2D eigenvalue weighted by atomic mass is 16.5. The number of ether oxygens (including phenoxy) is 1. The number of imide groups is 1. The van der Waals surface area contributed by atoms with E-state index in [0.717, 1.165) is 10.5 Å². The third-order valence-corrected chi connectivity index (χ3v) is 4.87. The highest BCUT2D eigenvalue weighted by Crippen LogP contribution is 2.29. The summed E-state index contributed by atoms with van der Waals surface area (Å²) in [6, 6.07) is 13.7. The predicted molar refractivity (Wildman–Crippen MR) is 105 cm³/mol. The number of benzene rings is 2. The van der Waals surface area contributed by atoms with Gasteiger partial charge in [0.15, 0.2) is 0 Å². The molecule has 29 heavy (non-hydrogen) atoms. The van der Waals surface area contributed by atoms with Crippen molar-refractivity contribution in [1.29, 1.82) is 0 Å². The van der Waals surface area contributed by atoms with E-state index >= 15 is 0 Å². The lowest BCUT2D eigenvalue weighted by Gasteiger charge is -2.19. The van der Waals surface area contributed by atoms with Gasteiger partial charge in [-0.15, -0.1) is 0 Å². The van der Waals surface area contributed by atoms with Crippen molar-refractivity contribution < 1.29 is 18.8 Å². The van der Waals surface area contributed by atoms with Gasteiger partial charge in [-0.05, 0) is 38.1 Å². The molecule has 0 unspecified atom stereocenters. The van der Waals surface area contributed by atoms with Crippen molar-refractivity contribution in [3.8, 4) is 17.1 Å². The Morgan fingerprint density at radius 3 is 2.55 bits per heavy atom. The standard InChI is InChI=1S/C21H20N4O4/c1-13-8-10-15(11-9-13)25-14(2)20(26)24(21(25)27)12-18-22-19(23-29-18)16-6-4-5-7-17(16)28-3/h4-11,14H,12H2,1-3H3/t14-/m0/s1. The molecule has 2 heterocycles. The summed E-state index contributed by atoms with van der Waals surface area (Å²) in [5, 5.41) is 3.96. The molecule has 1 saturated heterocycles. The van der Waals surface area contributed by atoms with Gasteiger partial charge in [0, 0.05) is 5.69 Å². The summed E-state index contributed by atoms with van der Waals surface area (Å²) in [5.74, 6) is 0.797. The van der Waals surface area contributed by atoms with Crippen LogP contribution < -0.4 is 9.64 Å². The van der Waals surface area contributed by atoms with Crippen LogP contribution in [-0.2, 0) is 11.3 Å². The maximum atomic E-state index is 12.9. The van der Waals surface area contributed by atoms with Crippen LogP contribution in [0.5, 0.6) is 5.75 Å². The minimum Gasteiger partial charge on any atom is -0.496 e. The van der Waals surface area contributed by atoms with Crippen LogP contribution >= 0.6 is 0 Å². The Bertz CT molecular complexity index is 1060. The van der Waals surface area contributed by atoms with Crippen molar-refractivity contribution in [3.05, 3.63) is 60.0 Å². The van der Waals surface area contributed by atoms with Crippen molar-refractivity contribution in [1.82, 2.24) is 15.0 Å². The van der Waals surface area contributed by atoms with E-state index in [0.29, 0.717) is 22.8 Å². The first-order valence-electron chi connectivity index (χ1n) is 9.17. The third-order valence-electron chi connectivity index (χ3n) is 4.87. The van der Waals surface area contributed by atoms with Crippen LogP contribution in [0.25, 0.3) is 11.4 Å². The Kier molecular flexibility index (Phi) is 4.75.